The first-order chi connectivity index (χ1) is 9.79. The predicted molar refractivity (Wildman–Crippen MR) is 77.7 cm³/mol. The fraction of sp³-hybridized carbons (Fsp3) is 0.133. The number of aromatic amines is 1. The number of carbonyl (C=O) groups is 1. The largest absolute Gasteiger partial charge is 0.307 e. The highest BCUT2D eigenvalue weighted by Crippen LogP contribution is 2.18. The molecule has 0 unspecified atom stereocenters. The normalized spacial score (nSPS) is 10.7. The summed E-state index contributed by atoms with van der Waals surface area (Å²) < 4.78 is 0. The van der Waals surface area contributed by atoms with E-state index in [9.17, 15) is 4.79 Å². The van der Waals surface area contributed by atoms with Gasteiger partial charge in [-0.2, -0.15) is 5.10 Å². The van der Waals surface area contributed by atoms with Crippen LogP contribution in [0, 0.1) is 0 Å². The second-order valence-corrected chi connectivity index (χ2v) is 4.45. The van der Waals surface area contributed by atoms with Crippen molar-refractivity contribution >= 4 is 22.6 Å². The number of anilines is 1. The van der Waals surface area contributed by atoms with E-state index in [-0.39, 0.29) is 5.91 Å². The predicted octanol–water partition coefficient (Wildman–Crippen LogP) is 2.77. The molecule has 0 saturated heterocycles. The molecule has 0 aliphatic carbocycles. The number of hydrogen-bond acceptors (Lipinski definition) is 3. The molecule has 100 valence electrons. The molecule has 0 aliphatic heterocycles. The molecule has 2 aromatic heterocycles. The van der Waals surface area contributed by atoms with Crippen LogP contribution in [0.4, 0.5) is 5.82 Å². The number of aromatic nitrogens is 3. The van der Waals surface area contributed by atoms with E-state index in [4.69, 9.17) is 0 Å². The number of benzene rings is 1. The van der Waals surface area contributed by atoms with Crippen molar-refractivity contribution in [3.05, 3.63) is 53.9 Å². The zero-order valence-electron chi connectivity index (χ0n) is 11.1. The van der Waals surface area contributed by atoms with E-state index in [2.05, 4.69) is 20.5 Å². The summed E-state index contributed by atoms with van der Waals surface area (Å²) in [6.07, 6.45) is 4.18. The Labute approximate surface area is 116 Å². The van der Waals surface area contributed by atoms with Crippen molar-refractivity contribution in [1.82, 2.24) is 15.2 Å². The number of H-pyrrole nitrogens is 1. The van der Waals surface area contributed by atoms with Gasteiger partial charge in [0.05, 0.1) is 17.3 Å². The Balaban J connectivity index is 1.97. The lowest BCUT2D eigenvalue weighted by Gasteiger charge is -2.07. The van der Waals surface area contributed by atoms with Crippen molar-refractivity contribution in [2.45, 2.75) is 13.3 Å². The molecule has 1 amide bonds. The fourth-order valence-corrected chi connectivity index (χ4v) is 2.16. The van der Waals surface area contributed by atoms with Crippen LogP contribution in [0.1, 0.15) is 22.8 Å². The summed E-state index contributed by atoms with van der Waals surface area (Å²) in [6, 6.07) is 9.31. The molecule has 5 heteroatoms. The average Bonchev–Trinajstić information content (AvgIpc) is 2.93. The van der Waals surface area contributed by atoms with Gasteiger partial charge in [-0.15, -0.1) is 0 Å². The molecule has 0 saturated carbocycles. The SMILES string of the molecule is CCc1cn[nH]c1NC(=O)c1ccnc2ccccc12. The number of rotatable bonds is 3. The quantitative estimate of drug-likeness (QED) is 0.765. The van der Waals surface area contributed by atoms with Crippen LogP contribution in [0.15, 0.2) is 42.7 Å². The number of hydrogen-bond donors (Lipinski definition) is 2. The van der Waals surface area contributed by atoms with Crippen LogP contribution in [0.5, 0.6) is 0 Å². The number of aryl methyl sites for hydroxylation is 1. The summed E-state index contributed by atoms with van der Waals surface area (Å²) in [4.78, 5) is 16.7. The molecule has 0 spiro atoms. The van der Waals surface area contributed by atoms with Gasteiger partial charge in [-0.05, 0) is 18.6 Å². The lowest BCUT2D eigenvalue weighted by Crippen LogP contribution is -2.14. The minimum Gasteiger partial charge on any atom is -0.307 e. The third-order valence-electron chi connectivity index (χ3n) is 3.23. The molecule has 0 radical (unpaired) electrons. The molecule has 2 N–H and O–H groups in total. The van der Waals surface area contributed by atoms with Crippen LogP contribution in [0.3, 0.4) is 0 Å². The fourth-order valence-electron chi connectivity index (χ4n) is 2.16. The highest BCUT2D eigenvalue weighted by atomic mass is 16.1. The number of carbonyl (C=O) groups excluding carboxylic acids is 1. The van der Waals surface area contributed by atoms with Crippen LogP contribution < -0.4 is 5.32 Å². The van der Waals surface area contributed by atoms with Gasteiger partial charge in [-0.25, -0.2) is 0 Å². The Kier molecular flexibility index (Phi) is 3.16. The van der Waals surface area contributed by atoms with Gasteiger partial charge in [0.2, 0.25) is 0 Å². The van der Waals surface area contributed by atoms with Crippen molar-refractivity contribution in [3.63, 3.8) is 0 Å². The summed E-state index contributed by atoms with van der Waals surface area (Å²) in [5.74, 6) is 0.487. The van der Waals surface area contributed by atoms with E-state index in [1.165, 1.54) is 0 Å². The van der Waals surface area contributed by atoms with Gasteiger partial charge in [0, 0.05) is 17.1 Å². The van der Waals surface area contributed by atoms with Crippen LogP contribution >= 0.6 is 0 Å². The van der Waals surface area contributed by atoms with E-state index in [1.54, 1.807) is 18.5 Å². The Hall–Kier alpha value is -2.69. The third-order valence-corrected chi connectivity index (χ3v) is 3.23. The highest BCUT2D eigenvalue weighted by Gasteiger charge is 2.13. The summed E-state index contributed by atoms with van der Waals surface area (Å²) in [5, 5.41) is 10.5. The molecule has 0 aliphatic rings. The van der Waals surface area contributed by atoms with Crippen molar-refractivity contribution in [1.29, 1.82) is 0 Å². The van der Waals surface area contributed by atoms with Crippen LogP contribution in [0.2, 0.25) is 0 Å². The summed E-state index contributed by atoms with van der Waals surface area (Å²) in [6.45, 7) is 2.02. The lowest BCUT2D eigenvalue weighted by molar-refractivity contribution is 0.102. The molecule has 3 aromatic rings. The van der Waals surface area contributed by atoms with Crippen molar-refractivity contribution in [2.75, 3.05) is 5.32 Å². The second-order valence-electron chi connectivity index (χ2n) is 4.45. The molecule has 3 rings (SSSR count). The summed E-state index contributed by atoms with van der Waals surface area (Å²) >= 11 is 0. The topological polar surface area (TPSA) is 70.7 Å². The molecule has 5 nitrogen and oxygen atoms in total. The van der Waals surface area contributed by atoms with E-state index in [0.29, 0.717) is 11.4 Å². The van der Waals surface area contributed by atoms with Crippen molar-refractivity contribution in [3.8, 4) is 0 Å². The zero-order valence-corrected chi connectivity index (χ0v) is 11.1. The van der Waals surface area contributed by atoms with Crippen LogP contribution in [-0.2, 0) is 6.42 Å². The Morgan fingerprint density at radius 2 is 2.15 bits per heavy atom. The Morgan fingerprint density at radius 3 is 3.00 bits per heavy atom. The van der Waals surface area contributed by atoms with Gasteiger partial charge >= 0.3 is 0 Å². The molecule has 1 aromatic carbocycles. The molecule has 0 atom stereocenters. The molecule has 0 fully saturated rings. The van der Waals surface area contributed by atoms with Gasteiger partial charge in [0.1, 0.15) is 5.82 Å². The van der Waals surface area contributed by atoms with Gasteiger partial charge in [-0.3, -0.25) is 14.9 Å². The minimum atomic E-state index is -0.164. The van der Waals surface area contributed by atoms with Crippen LogP contribution in [-0.4, -0.2) is 21.1 Å². The summed E-state index contributed by atoms with van der Waals surface area (Å²) in [7, 11) is 0. The number of nitrogens with one attached hydrogen (secondary N) is 2. The number of pyridine rings is 1. The van der Waals surface area contributed by atoms with Crippen molar-refractivity contribution in [2.24, 2.45) is 0 Å². The third kappa shape index (κ3) is 2.14. The van der Waals surface area contributed by atoms with E-state index in [1.807, 2.05) is 31.2 Å². The minimum absolute atomic E-state index is 0.164. The Morgan fingerprint density at radius 1 is 1.30 bits per heavy atom. The first-order valence-electron chi connectivity index (χ1n) is 6.47. The molecule has 20 heavy (non-hydrogen) atoms. The van der Waals surface area contributed by atoms with Gasteiger partial charge in [0.25, 0.3) is 5.91 Å². The highest BCUT2D eigenvalue weighted by molar-refractivity contribution is 6.12. The second kappa shape index (κ2) is 5.13. The van der Waals surface area contributed by atoms with E-state index in [0.717, 1.165) is 22.9 Å². The van der Waals surface area contributed by atoms with Crippen LogP contribution in [0.25, 0.3) is 10.9 Å². The zero-order chi connectivity index (χ0) is 13.9. The number of fused-ring (bicyclic) bond motifs is 1. The first kappa shape index (κ1) is 12.3. The van der Waals surface area contributed by atoms with Gasteiger partial charge < -0.3 is 5.32 Å². The molecular formula is C15H14N4O. The Bertz CT molecular complexity index is 758. The lowest BCUT2D eigenvalue weighted by atomic mass is 10.1. The smallest absolute Gasteiger partial charge is 0.257 e. The average molecular weight is 266 g/mol. The van der Waals surface area contributed by atoms with Gasteiger partial charge in [-0.1, -0.05) is 25.1 Å². The van der Waals surface area contributed by atoms with E-state index < -0.39 is 0 Å². The van der Waals surface area contributed by atoms with E-state index >= 15 is 0 Å². The summed E-state index contributed by atoms with van der Waals surface area (Å²) in [5.41, 5.74) is 2.39. The number of nitrogens with zero attached hydrogens (tertiary/aromatic N) is 2. The number of para-hydroxylation sites is 1. The molecule has 0 bridgehead atoms. The maximum atomic E-state index is 12.4. The van der Waals surface area contributed by atoms with Gasteiger partial charge in [0.15, 0.2) is 0 Å². The molecular weight excluding hydrogens is 252 g/mol. The first-order valence-corrected chi connectivity index (χ1v) is 6.47. The maximum absolute atomic E-state index is 12.4. The molecule has 2 heterocycles. The maximum Gasteiger partial charge on any atom is 0.257 e. The number of amides is 1. The van der Waals surface area contributed by atoms with Crippen molar-refractivity contribution < 1.29 is 4.79 Å². The monoisotopic (exact) mass is 266 g/mol. The standard InChI is InChI=1S/C15H14N4O/c1-2-10-9-17-19-14(10)18-15(20)12-7-8-16-13-6-4-3-5-11(12)13/h3-9H,2H2,1H3,(H2,17,18,19,20).